The fraction of sp³-hybridized carbons (Fsp3) is 0.500. The van der Waals surface area contributed by atoms with Crippen LogP contribution in [-0.4, -0.2) is 49.1 Å². The fourth-order valence-electron chi connectivity index (χ4n) is 2.06. The predicted octanol–water partition coefficient (Wildman–Crippen LogP) is 1.90. The number of ether oxygens (including phenoxy) is 2. The maximum atomic E-state index is 13.2. The first-order chi connectivity index (χ1) is 11.3. The van der Waals surface area contributed by atoms with Crippen LogP contribution in [0.3, 0.4) is 0 Å². The van der Waals surface area contributed by atoms with E-state index in [0.29, 0.717) is 27.5 Å². The van der Waals surface area contributed by atoms with Gasteiger partial charge in [-0.2, -0.15) is 4.98 Å². The number of fused-ring (bicyclic) bond motifs is 1. The fourth-order valence-corrected chi connectivity index (χ4v) is 3.17. The average molecular weight is 397 g/mol. The normalized spacial score (nSPS) is 11.3. The van der Waals surface area contributed by atoms with Crippen LogP contribution in [0.2, 0.25) is 0 Å². The van der Waals surface area contributed by atoms with Gasteiger partial charge < -0.3 is 20.5 Å². The molecule has 0 saturated carbocycles. The summed E-state index contributed by atoms with van der Waals surface area (Å²) in [5, 5.41) is 2.78. The lowest BCUT2D eigenvalue weighted by atomic mass is 10.2. The van der Waals surface area contributed by atoms with Crippen molar-refractivity contribution in [3.05, 3.63) is 16.3 Å². The molecule has 1 amide bonds. The number of thiophene rings is 1. The van der Waals surface area contributed by atoms with E-state index in [1.54, 1.807) is 6.92 Å². The molecule has 0 aliphatic carbocycles. The van der Waals surface area contributed by atoms with Gasteiger partial charge in [0.2, 0.25) is 5.88 Å². The number of nitrogens with one attached hydrogen (secondary N) is 1. The molecular weight excluding hydrogens is 378 g/mol. The molecule has 7 nitrogen and oxygen atoms in total. The number of halogens is 3. The second-order valence-electron chi connectivity index (χ2n) is 5.06. The van der Waals surface area contributed by atoms with E-state index in [9.17, 15) is 13.6 Å². The van der Waals surface area contributed by atoms with Crippen molar-refractivity contribution in [2.75, 3.05) is 27.3 Å². The van der Waals surface area contributed by atoms with Crippen molar-refractivity contribution in [3.8, 4) is 5.88 Å². The molecule has 0 saturated heterocycles. The lowest BCUT2D eigenvalue weighted by Crippen LogP contribution is -2.41. The van der Waals surface area contributed by atoms with Crippen LogP contribution in [0.25, 0.3) is 10.2 Å². The molecular formula is C14H19ClF2N4O3S. The summed E-state index contributed by atoms with van der Waals surface area (Å²) in [5.41, 5.74) is 5.53. The van der Waals surface area contributed by atoms with Crippen LogP contribution in [0.4, 0.5) is 8.78 Å². The quantitative estimate of drug-likeness (QED) is 0.741. The van der Waals surface area contributed by atoms with Gasteiger partial charge in [-0.1, -0.05) is 0 Å². The van der Waals surface area contributed by atoms with E-state index in [-0.39, 0.29) is 23.9 Å². The van der Waals surface area contributed by atoms with Gasteiger partial charge in [0, 0.05) is 7.11 Å². The van der Waals surface area contributed by atoms with Crippen LogP contribution >= 0.6 is 23.7 Å². The number of carbonyl (C=O) groups is 1. The lowest BCUT2D eigenvalue weighted by Gasteiger charge is -2.14. The summed E-state index contributed by atoms with van der Waals surface area (Å²) in [6, 6.07) is 0. The molecule has 2 aromatic rings. The Bertz CT molecular complexity index is 757. The molecule has 0 spiro atoms. The Hall–Kier alpha value is -1.62. The highest BCUT2D eigenvalue weighted by Gasteiger charge is 2.28. The maximum absolute atomic E-state index is 13.2. The van der Waals surface area contributed by atoms with Crippen molar-refractivity contribution < 1.29 is 23.0 Å². The van der Waals surface area contributed by atoms with Crippen molar-refractivity contribution in [2.45, 2.75) is 19.5 Å². The van der Waals surface area contributed by atoms with E-state index in [1.165, 1.54) is 14.2 Å². The molecule has 0 fully saturated rings. The highest BCUT2D eigenvalue weighted by atomic mass is 35.5. The van der Waals surface area contributed by atoms with Gasteiger partial charge in [0.25, 0.3) is 11.8 Å². The predicted molar refractivity (Wildman–Crippen MR) is 93.0 cm³/mol. The molecule has 2 rings (SSSR count). The van der Waals surface area contributed by atoms with Crippen LogP contribution < -0.4 is 15.8 Å². The van der Waals surface area contributed by atoms with E-state index in [2.05, 4.69) is 15.3 Å². The lowest BCUT2D eigenvalue weighted by molar-refractivity contribution is 0.0119. The minimum absolute atomic E-state index is 0. The summed E-state index contributed by atoms with van der Waals surface area (Å²) in [4.78, 5) is 21.6. The number of carbonyl (C=O) groups excluding carboxylic acids is 1. The van der Waals surface area contributed by atoms with Crippen LogP contribution in [0.1, 0.15) is 21.1 Å². The van der Waals surface area contributed by atoms with Gasteiger partial charge in [-0.25, -0.2) is 13.8 Å². The van der Waals surface area contributed by atoms with Crippen molar-refractivity contribution in [1.82, 2.24) is 15.3 Å². The standard InChI is InChI=1S/C14H18F2N4O3S.ClH/c1-7-9-12(23-3)19-8(4-22-2)20-13(9)24-10(7)11(21)18-6-14(15,16)5-17;/h4-6,17H2,1-3H3,(H,18,21);1H. The van der Waals surface area contributed by atoms with Gasteiger partial charge in [-0.05, 0) is 12.5 Å². The molecule has 25 heavy (non-hydrogen) atoms. The van der Waals surface area contributed by atoms with Crippen molar-refractivity contribution in [3.63, 3.8) is 0 Å². The number of aryl methyl sites for hydroxylation is 1. The molecule has 0 aliphatic rings. The van der Waals surface area contributed by atoms with Gasteiger partial charge >= 0.3 is 0 Å². The zero-order chi connectivity index (χ0) is 17.9. The molecule has 0 aromatic carbocycles. The number of amides is 1. The number of hydrogen-bond acceptors (Lipinski definition) is 7. The van der Waals surface area contributed by atoms with Crippen molar-refractivity contribution in [1.29, 1.82) is 0 Å². The Balaban J connectivity index is 0.00000312. The van der Waals surface area contributed by atoms with Crippen LogP contribution in [-0.2, 0) is 11.3 Å². The summed E-state index contributed by atoms with van der Waals surface area (Å²) < 4.78 is 36.6. The number of nitrogens with zero attached hydrogens (tertiary/aromatic N) is 2. The average Bonchev–Trinajstić information content (AvgIpc) is 2.89. The first kappa shape index (κ1) is 21.4. The summed E-state index contributed by atoms with van der Waals surface area (Å²) in [5.74, 6) is -3.04. The van der Waals surface area contributed by atoms with E-state index < -0.39 is 24.9 Å². The van der Waals surface area contributed by atoms with Gasteiger partial charge in [-0.15, -0.1) is 23.7 Å². The van der Waals surface area contributed by atoms with Crippen LogP contribution in [0, 0.1) is 6.92 Å². The van der Waals surface area contributed by atoms with Crippen molar-refractivity contribution in [2.24, 2.45) is 5.73 Å². The Morgan fingerprint density at radius 3 is 2.60 bits per heavy atom. The van der Waals surface area contributed by atoms with Gasteiger partial charge in [-0.3, -0.25) is 4.79 Å². The Morgan fingerprint density at radius 2 is 2.04 bits per heavy atom. The number of aromatic nitrogens is 2. The third-order valence-electron chi connectivity index (χ3n) is 3.28. The number of methoxy groups -OCH3 is 2. The summed E-state index contributed by atoms with van der Waals surface area (Å²) in [7, 11) is 2.97. The summed E-state index contributed by atoms with van der Waals surface area (Å²) in [6.07, 6.45) is 0. The second-order valence-corrected chi connectivity index (χ2v) is 6.06. The molecule has 2 heterocycles. The second kappa shape index (κ2) is 8.65. The molecule has 140 valence electrons. The van der Waals surface area contributed by atoms with Gasteiger partial charge in [0.1, 0.15) is 11.4 Å². The summed E-state index contributed by atoms with van der Waals surface area (Å²) in [6.45, 7) is 0.219. The largest absolute Gasteiger partial charge is 0.480 e. The first-order valence-corrected chi connectivity index (χ1v) is 7.83. The smallest absolute Gasteiger partial charge is 0.277 e. The van der Waals surface area contributed by atoms with E-state index in [4.69, 9.17) is 15.2 Å². The number of hydrogen-bond donors (Lipinski definition) is 2. The monoisotopic (exact) mass is 396 g/mol. The first-order valence-electron chi connectivity index (χ1n) is 7.02. The van der Waals surface area contributed by atoms with Crippen molar-refractivity contribution >= 4 is 39.9 Å². The molecule has 0 unspecified atom stereocenters. The van der Waals surface area contributed by atoms with Crippen LogP contribution in [0.5, 0.6) is 5.88 Å². The zero-order valence-electron chi connectivity index (χ0n) is 13.9. The highest BCUT2D eigenvalue weighted by Crippen LogP contribution is 2.35. The topological polar surface area (TPSA) is 99.4 Å². The molecule has 0 aliphatic heterocycles. The number of rotatable bonds is 7. The summed E-state index contributed by atoms with van der Waals surface area (Å²) >= 11 is 1.08. The molecule has 3 N–H and O–H groups in total. The molecule has 0 radical (unpaired) electrons. The Kier molecular flexibility index (Phi) is 7.42. The van der Waals surface area contributed by atoms with Crippen LogP contribution in [0.15, 0.2) is 0 Å². The molecule has 0 atom stereocenters. The minimum atomic E-state index is -3.15. The SMILES string of the molecule is COCc1nc(OC)c2c(C)c(C(=O)NCC(F)(F)CN)sc2n1.Cl. The third-order valence-corrected chi connectivity index (χ3v) is 4.47. The van der Waals surface area contributed by atoms with E-state index in [0.717, 1.165) is 11.3 Å². The molecule has 11 heteroatoms. The number of nitrogens with two attached hydrogens (primary N) is 1. The highest BCUT2D eigenvalue weighted by molar-refractivity contribution is 7.20. The van der Waals surface area contributed by atoms with E-state index in [1.807, 2.05) is 0 Å². The zero-order valence-corrected chi connectivity index (χ0v) is 15.5. The van der Waals surface area contributed by atoms with E-state index >= 15 is 0 Å². The van der Waals surface area contributed by atoms with Gasteiger partial charge in [0.05, 0.1) is 30.5 Å². The molecule has 2 aromatic heterocycles. The Labute approximate surface area is 153 Å². The minimum Gasteiger partial charge on any atom is -0.480 e. The molecule has 0 bridgehead atoms. The van der Waals surface area contributed by atoms with Gasteiger partial charge in [0.15, 0.2) is 5.82 Å². The maximum Gasteiger partial charge on any atom is 0.277 e. The number of alkyl halides is 2. The third kappa shape index (κ3) is 4.72. The Morgan fingerprint density at radius 1 is 1.36 bits per heavy atom.